The number of carbonyl (C=O) groups is 1. The van der Waals surface area contributed by atoms with Gasteiger partial charge in [-0.3, -0.25) is 4.79 Å². The van der Waals surface area contributed by atoms with Gasteiger partial charge in [0, 0.05) is 44.7 Å². The average Bonchev–Trinajstić information content (AvgIpc) is 3.18. The molecule has 2 aliphatic heterocycles. The second-order valence-electron chi connectivity index (χ2n) is 8.22. The molecule has 3 heterocycles. The lowest BCUT2D eigenvalue weighted by atomic mass is 9.78. The maximum Gasteiger partial charge on any atom is 0.254 e. The van der Waals surface area contributed by atoms with Gasteiger partial charge < -0.3 is 23.6 Å². The topological polar surface area (TPSA) is 86.9 Å². The highest BCUT2D eigenvalue weighted by molar-refractivity contribution is 5.95. The SMILES string of the molecule is COc1cc(OC)cc(C(=O)N2CCC3(CC2)CC(Cc2noc(C)n2)CCO3)c1. The van der Waals surface area contributed by atoms with Crippen molar-refractivity contribution in [3.63, 3.8) is 0 Å². The summed E-state index contributed by atoms with van der Waals surface area (Å²) < 4.78 is 21.9. The summed E-state index contributed by atoms with van der Waals surface area (Å²) in [5, 5.41) is 4.04. The average molecular weight is 415 g/mol. The second kappa shape index (κ2) is 8.63. The van der Waals surface area contributed by atoms with Crippen LogP contribution in [0.3, 0.4) is 0 Å². The molecule has 1 aromatic heterocycles. The molecule has 2 aliphatic rings. The molecule has 1 aromatic carbocycles. The number of hydrogen-bond donors (Lipinski definition) is 0. The first-order valence-corrected chi connectivity index (χ1v) is 10.5. The van der Waals surface area contributed by atoms with E-state index in [0.29, 0.717) is 42.0 Å². The zero-order valence-electron chi connectivity index (χ0n) is 17.8. The number of rotatable bonds is 5. The molecule has 2 aromatic rings. The van der Waals surface area contributed by atoms with Gasteiger partial charge in [-0.1, -0.05) is 5.16 Å². The minimum atomic E-state index is -0.162. The molecule has 1 atom stereocenters. The number of ether oxygens (including phenoxy) is 3. The summed E-state index contributed by atoms with van der Waals surface area (Å²) in [5.74, 6) is 3.07. The smallest absolute Gasteiger partial charge is 0.254 e. The Kier molecular flexibility index (Phi) is 5.94. The molecular weight excluding hydrogens is 386 g/mol. The Morgan fingerprint density at radius 2 is 1.90 bits per heavy atom. The minimum Gasteiger partial charge on any atom is -0.497 e. The number of aryl methyl sites for hydroxylation is 1. The van der Waals surface area contributed by atoms with Crippen LogP contribution in [0, 0.1) is 12.8 Å². The largest absolute Gasteiger partial charge is 0.497 e. The summed E-state index contributed by atoms with van der Waals surface area (Å²) in [5.41, 5.74) is 0.418. The highest BCUT2D eigenvalue weighted by atomic mass is 16.5. The van der Waals surface area contributed by atoms with Crippen LogP contribution in [0.5, 0.6) is 11.5 Å². The van der Waals surface area contributed by atoms with E-state index in [4.69, 9.17) is 18.7 Å². The summed E-state index contributed by atoms with van der Waals surface area (Å²) in [6.07, 6.45) is 4.45. The molecule has 1 unspecified atom stereocenters. The van der Waals surface area contributed by atoms with Crippen molar-refractivity contribution in [3.05, 3.63) is 35.5 Å². The molecule has 1 spiro atoms. The number of methoxy groups -OCH3 is 2. The van der Waals surface area contributed by atoms with Gasteiger partial charge >= 0.3 is 0 Å². The molecule has 0 radical (unpaired) electrons. The number of aromatic nitrogens is 2. The van der Waals surface area contributed by atoms with E-state index in [1.54, 1.807) is 32.4 Å². The van der Waals surface area contributed by atoms with Crippen molar-refractivity contribution in [3.8, 4) is 11.5 Å². The first-order valence-electron chi connectivity index (χ1n) is 10.5. The lowest BCUT2D eigenvalue weighted by molar-refractivity contribution is -0.123. The van der Waals surface area contributed by atoms with E-state index in [1.807, 2.05) is 11.8 Å². The fourth-order valence-electron chi connectivity index (χ4n) is 4.57. The maximum absolute atomic E-state index is 13.1. The van der Waals surface area contributed by atoms with Gasteiger partial charge in [0.05, 0.1) is 19.8 Å². The number of amides is 1. The molecule has 2 fully saturated rings. The van der Waals surface area contributed by atoms with E-state index in [-0.39, 0.29) is 11.5 Å². The molecule has 8 nitrogen and oxygen atoms in total. The standard InChI is InChI=1S/C22H29N3O5/c1-15-23-20(24-30-15)10-16-4-9-29-22(14-16)5-7-25(8-6-22)21(26)17-11-18(27-2)13-19(12-17)28-3/h11-13,16H,4-10,14H2,1-3H3. The van der Waals surface area contributed by atoms with Crippen LogP contribution >= 0.6 is 0 Å². The van der Waals surface area contributed by atoms with Crippen molar-refractivity contribution in [1.29, 1.82) is 0 Å². The van der Waals surface area contributed by atoms with Crippen molar-refractivity contribution < 1.29 is 23.5 Å². The van der Waals surface area contributed by atoms with Crippen LogP contribution in [0.25, 0.3) is 0 Å². The van der Waals surface area contributed by atoms with Crippen LogP contribution in [0.2, 0.25) is 0 Å². The van der Waals surface area contributed by atoms with Gasteiger partial charge in [0.1, 0.15) is 11.5 Å². The quantitative estimate of drug-likeness (QED) is 0.742. The van der Waals surface area contributed by atoms with Crippen LogP contribution in [0.15, 0.2) is 22.7 Å². The molecule has 0 aliphatic carbocycles. The summed E-state index contributed by atoms with van der Waals surface area (Å²) in [6.45, 7) is 3.90. The molecule has 4 rings (SSSR count). The van der Waals surface area contributed by atoms with Gasteiger partial charge in [0.2, 0.25) is 5.89 Å². The Balaban J connectivity index is 1.38. The molecule has 0 bridgehead atoms. The number of likely N-dealkylation sites (tertiary alicyclic amines) is 1. The van der Waals surface area contributed by atoms with Gasteiger partial charge in [-0.15, -0.1) is 0 Å². The Labute approximate surface area is 176 Å². The molecule has 30 heavy (non-hydrogen) atoms. The van der Waals surface area contributed by atoms with Crippen molar-refractivity contribution in [2.45, 2.75) is 44.6 Å². The van der Waals surface area contributed by atoms with Gasteiger partial charge in [0.25, 0.3) is 5.91 Å². The van der Waals surface area contributed by atoms with Crippen molar-refractivity contribution in [2.24, 2.45) is 5.92 Å². The Bertz CT molecular complexity index is 866. The van der Waals surface area contributed by atoms with Crippen LogP contribution in [0.4, 0.5) is 0 Å². The summed E-state index contributed by atoms with van der Waals surface area (Å²) in [6, 6.07) is 5.29. The summed E-state index contributed by atoms with van der Waals surface area (Å²) >= 11 is 0. The molecular formula is C22H29N3O5. The van der Waals surface area contributed by atoms with E-state index in [1.165, 1.54) is 0 Å². The normalized spacial score (nSPS) is 20.9. The molecule has 0 N–H and O–H groups in total. The van der Waals surface area contributed by atoms with Gasteiger partial charge in [-0.2, -0.15) is 4.98 Å². The maximum atomic E-state index is 13.1. The summed E-state index contributed by atoms with van der Waals surface area (Å²) in [7, 11) is 3.17. The third-order valence-corrected chi connectivity index (χ3v) is 6.20. The third kappa shape index (κ3) is 4.43. The van der Waals surface area contributed by atoms with E-state index in [9.17, 15) is 4.79 Å². The molecule has 8 heteroatoms. The second-order valence-corrected chi connectivity index (χ2v) is 8.22. The Hall–Kier alpha value is -2.61. The lowest BCUT2D eigenvalue weighted by Crippen LogP contribution is -2.51. The first-order chi connectivity index (χ1) is 14.5. The number of carbonyl (C=O) groups excluding carboxylic acids is 1. The number of benzene rings is 1. The van der Waals surface area contributed by atoms with Crippen LogP contribution in [-0.2, 0) is 11.2 Å². The minimum absolute atomic E-state index is 0.00307. The monoisotopic (exact) mass is 415 g/mol. The third-order valence-electron chi connectivity index (χ3n) is 6.20. The summed E-state index contributed by atoms with van der Waals surface area (Å²) in [4.78, 5) is 19.3. The van der Waals surface area contributed by atoms with Gasteiger partial charge in [-0.25, -0.2) is 0 Å². The van der Waals surface area contributed by atoms with Crippen LogP contribution in [-0.4, -0.2) is 60.5 Å². The predicted octanol–water partition coefficient (Wildman–Crippen LogP) is 3.04. The van der Waals surface area contributed by atoms with Gasteiger partial charge in [0.15, 0.2) is 5.82 Å². The first kappa shape index (κ1) is 20.7. The molecule has 2 saturated heterocycles. The van der Waals surface area contributed by atoms with E-state index >= 15 is 0 Å². The predicted molar refractivity (Wildman–Crippen MR) is 109 cm³/mol. The highest BCUT2D eigenvalue weighted by Crippen LogP contribution is 2.39. The zero-order valence-corrected chi connectivity index (χ0v) is 17.8. The number of piperidine rings is 1. The molecule has 1 amide bonds. The van der Waals surface area contributed by atoms with Crippen molar-refractivity contribution >= 4 is 5.91 Å². The van der Waals surface area contributed by atoms with Crippen molar-refractivity contribution in [2.75, 3.05) is 33.9 Å². The fourth-order valence-corrected chi connectivity index (χ4v) is 4.57. The van der Waals surface area contributed by atoms with Crippen LogP contribution < -0.4 is 9.47 Å². The Morgan fingerprint density at radius 3 is 2.50 bits per heavy atom. The zero-order chi connectivity index (χ0) is 21.1. The van der Waals surface area contributed by atoms with Crippen molar-refractivity contribution in [1.82, 2.24) is 15.0 Å². The highest BCUT2D eigenvalue weighted by Gasteiger charge is 2.41. The van der Waals surface area contributed by atoms with E-state index < -0.39 is 0 Å². The van der Waals surface area contributed by atoms with E-state index in [0.717, 1.165) is 44.5 Å². The fraction of sp³-hybridized carbons (Fsp3) is 0.591. The van der Waals surface area contributed by atoms with Gasteiger partial charge in [-0.05, 0) is 43.7 Å². The number of hydrogen-bond acceptors (Lipinski definition) is 7. The number of nitrogens with zero attached hydrogens (tertiary/aromatic N) is 3. The lowest BCUT2D eigenvalue weighted by Gasteiger charge is -2.46. The Morgan fingerprint density at radius 1 is 1.20 bits per heavy atom. The van der Waals surface area contributed by atoms with Crippen LogP contribution in [0.1, 0.15) is 47.8 Å². The molecule has 0 saturated carbocycles. The van der Waals surface area contributed by atoms with E-state index in [2.05, 4.69) is 10.1 Å². The molecule has 162 valence electrons.